The molecule has 2 N–H and O–H groups in total. The van der Waals surface area contributed by atoms with Crippen LogP contribution >= 0.6 is 15.9 Å². The van der Waals surface area contributed by atoms with Crippen molar-refractivity contribution < 1.29 is 9.47 Å². The summed E-state index contributed by atoms with van der Waals surface area (Å²) >= 11 is 3.53. The number of para-hydroxylation sites is 1. The highest BCUT2D eigenvalue weighted by Gasteiger charge is 2.22. The molecule has 4 aromatic rings. The van der Waals surface area contributed by atoms with E-state index >= 15 is 0 Å². The second-order valence-corrected chi connectivity index (χ2v) is 8.44. The van der Waals surface area contributed by atoms with Gasteiger partial charge in [0.25, 0.3) is 0 Å². The topological polar surface area (TPSA) is 86.1 Å². The van der Waals surface area contributed by atoms with Gasteiger partial charge in [-0.15, -0.1) is 0 Å². The van der Waals surface area contributed by atoms with Crippen molar-refractivity contribution in [3.63, 3.8) is 0 Å². The fourth-order valence-corrected chi connectivity index (χ4v) is 4.19. The summed E-state index contributed by atoms with van der Waals surface area (Å²) in [6, 6.07) is 15.9. The van der Waals surface area contributed by atoms with E-state index < -0.39 is 0 Å². The Balaban J connectivity index is 1.60. The molecule has 2 aromatic carbocycles. The highest BCUT2D eigenvalue weighted by atomic mass is 79.9. The van der Waals surface area contributed by atoms with Crippen molar-refractivity contribution in [1.29, 1.82) is 0 Å². The molecule has 1 saturated heterocycles. The SMILES string of the molecule is COc1ccc(Br)cc1Nc1nc(Nc2ccccc2)nc2c1cnn2C1CCOCC1. The monoisotopic (exact) mass is 494 g/mol. The summed E-state index contributed by atoms with van der Waals surface area (Å²) in [5, 5.41) is 12.3. The van der Waals surface area contributed by atoms with Gasteiger partial charge in [0.1, 0.15) is 11.6 Å². The smallest absolute Gasteiger partial charge is 0.231 e. The van der Waals surface area contributed by atoms with Crippen LogP contribution in [0.25, 0.3) is 11.0 Å². The van der Waals surface area contributed by atoms with E-state index in [4.69, 9.17) is 19.4 Å². The zero-order valence-electron chi connectivity index (χ0n) is 17.6. The van der Waals surface area contributed by atoms with Gasteiger partial charge in [-0.25, -0.2) is 4.68 Å². The fourth-order valence-electron chi connectivity index (χ4n) is 3.83. The number of ether oxygens (including phenoxy) is 2. The number of rotatable bonds is 6. The molecular formula is C23H23BrN6O2. The van der Waals surface area contributed by atoms with Gasteiger partial charge < -0.3 is 20.1 Å². The predicted octanol–water partition coefficient (Wildman–Crippen LogP) is 5.44. The number of nitrogens with zero attached hydrogens (tertiary/aromatic N) is 4. The van der Waals surface area contributed by atoms with Gasteiger partial charge in [-0.3, -0.25) is 0 Å². The highest BCUT2D eigenvalue weighted by Crippen LogP contribution is 2.34. The van der Waals surface area contributed by atoms with E-state index in [-0.39, 0.29) is 6.04 Å². The largest absolute Gasteiger partial charge is 0.495 e. The Bertz CT molecular complexity index is 1220. The molecule has 32 heavy (non-hydrogen) atoms. The molecule has 0 radical (unpaired) electrons. The number of anilines is 4. The van der Waals surface area contributed by atoms with Gasteiger partial charge in [-0.1, -0.05) is 34.1 Å². The Labute approximate surface area is 194 Å². The van der Waals surface area contributed by atoms with Gasteiger partial charge in [0.2, 0.25) is 5.95 Å². The molecule has 0 amide bonds. The maximum absolute atomic E-state index is 5.54. The molecule has 8 nitrogen and oxygen atoms in total. The number of hydrogen-bond donors (Lipinski definition) is 2. The minimum Gasteiger partial charge on any atom is -0.495 e. The summed E-state index contributed by atoms with van der Waals surface area (Å²) in [7, 11) is 1.65. The van der Waals surface area contributed by atoms with Crippen LogP contribution in [0.15, 0.2) is 59.2 Å². The molecule has 0 unspecified atom stereocenters. The first-order valence-corrected chi connectivity index (χ1v) is 11.3. The van der Waals surface area contributed by atoms with E-state index in [0.717, 1.165) is 52.9 Å². The lowest BCUT2D eigenvalue weighted by Gasteiger charge is -2.23. The Morgan fingerprint density at radius 3 is 2.66 bits per heavy atom. The van der Waals surface area contributed by atoms with Crippen LogP contribution in [0.5, 0.6) is 5.75 Å². The summed E-state index contributed by atoms with van der Waals surface area (Å²) in [5.74, 6) is 1.87. The zero-order valence-corrected chi connectivity index (χ0v) is 19.2. The molecule has 164 valence electrons. The predicted molar refractivity (Wildman–Crippen MR) is 128 cm³/mol. The number of fused-ring (bicyclic) bond motifs is 1. The molecule has 9 heteroatoms. The van der Waals surface area contributed by atoms with Crippen molar-refractivity contribution in [1.82, 2.24) is 19.7 Å². The quantitative estimate of drug-likeness (QED) is 0.369. The molecule has 0 atom stereocenters. The van der Waals surface area contributed by atoms with Crippen LogP contribution in [0.4, 0.5) is 23.1 Å². The standard InChI is InChI=1S/C23H23BrN6O2/c1-31-20-8-7-15(24)13-19(20)27-21-18-14-25-30(17-9-11-32-12-10-17)22(18)29-23(28-21)26-16-5-3-2-4-6-16/h2-8,13-14,17H,9-12H2,1H3,(H2,26,27,28,29). The van der Waals surface area contributed by atoms with Crippen molar-refractivity contribution in [3.05, 3.63) is 59.2 Å². The van der Waals surface area contributed by atoms with E-state index in [2.05, 4.69) is 31.7 Å². The van der Waals surface area contributed by atoms with Crippen molar-refractivity contribution in [2.75, 3.05) is 31.0 Å². The zero-order chi connectivity index (χ0) is 21.9. The molecule has 1 aliphatic rings. The Morgan fingerprint density at radius 1 is 1.06 bits per heavy atom. The molecule has 1 fully saturated rings. The molecule has 2 aromatic heterocycles. The fraction of sp³-hybridized carbons (Fsp3) is 0.261. The van der Waals surface area contributed by atoms with Crippen LogP contribution in [0, 0.1) is 0 Å². The molecule has 0 saturated carbocycles. The Hall–Kier alpha value is -3.17. The molecule has 0 aliphatic carbocycles. The van der Waals surface area contributed by atoms with Crippen LogP contribution in [0.3, 0.4) is 0 Å². The molecular weight excluding hydrogens is 472 g/mol. The second-order valence-electron chi connectivity index (χ2n) is 7.53. The van der Waals surface area contributed by atoms with E-state index in [0.29, 0.717) is 17.5 Å². The van der Waals surface area contributed by atoms with E-state index in [1.165, 1.54) is 0 Å². The minimum atomic E-state index is 0.244. The second kappa shape index (κ2) is 9.13. The van der Waals surface area contributed by atoms with Crippen LogP contribution in [0.1, 0.15) is 18.9 Å². The maximum atomic E-state index is 5.54. The summed E-state index contributed by atoms with van der Waals surface area (Å²) in [6.07, 6.45) is 3.64. The Kier molecular flexibility index (Phi) is 5.91. The van der Waals surface area contributed by atoms with E-state index in [1.54, 1.807) is 7.11 Å². The maximum Gasteiger partial charge on any atom is 0.231 e. The lowest BCUT2D eigenvalue weighted by Crippen LogP contribution is -2.20. The normalized spacial score (nSPS) is 14.4. The van der Waals surface area contributed by atoms with Crippen LogP contribution < -0.4 is 15.4 Å². The van der Waals surface area contributed by atoms with Gasteiger partial charge in [0, 0.05) is 23.4 Å². The van der Waals surface area contributed by atoms with Gasteiger partial charge >= 0.3 is 0 Å². The molecule has 1 aliphatic heterocycles. The third kappa shape index (κ3) is 4.26. The highest BCUT2D eigenvalue weighted by molar-refractivity contribution is 9.10. The number of benzene rings is 2. The van der Waals surface area contributed by atoms with Crippen molar-refractivity contribution in [2.45, 2.75) is 18.9 Å². The van der Waals surface area contributed by atoms with Crippen molar-refractivity contribution in [3.8, 4) is 5.75 Å². The van der Waals surface area contributed by atoms with Crippen LogP contribution in [0.2, 0.25) is 0 Å². The average molecular weight is 495 g/mol. The van der Waals surface area contributed by atoms with Gasteiger partial charge in [0.05, 0.1) is 30.4 Å². The Morgan fingerprint density at radius 2 is 1.88 bits per heavy atom. The minimum absolute atomic E-state index is 0.244. The number of methoxy groups -OCH3 is 1. The number of halogens is 1. The van der Waals surface area contributed by atoms with Crippen molar-refractivity contribution >= 4 is 50.1 Å². The lowest BCUT2D eigenvalue weighted by atomic mass is 10.1. The lowest BCUT2D eigenvalue weighted by molar-refractivity contribution is 0.0673. The van der Waals surface area contributed by atoms with Gasteiger partial charge in [-0.05, 0) is 43.2 Å². The number of hydrogen-bond acceptors (Lipinski definition) is 7. The van der Waals surface area contributed by atoms with E-state index in [1.807, 2.05) is 59.4 Å². The summed E-state index contributed by atoms with van der Waals surface area (Å²) in [5.41, 5.74) is 2.49. The van der Waals surface area contributed by atoms with Gasteiger partial charge in [0.15, 0.2) is 5.65 Å². The van der Waals surface area contributed by atoms with Crippen LogP contribution in [-0.4, -0.2) is 40.1 Å². The molecule has 0 spiro atoms. The van der Waals surface area contributed by atoms with Gasteiger partial charge in [-0.2, -0.15) is 15.1 Å². The average Bonchev–Trinajstić information content (AvgIpc) is 3.25. The molecule has 3 heterocycles. The van der Waals surface area contributed by atoms with E-state index in [9.17, 15) is 0 Å². The summed E-state index contributed by atoms with van der Waals surface area (Å²) in [4.78, 5) is 9.60. The summed E-state index contributed by atoms with van der Waals surface area (Å²) < 4.78 is 14.0. The van der Waals surface area contributed by atoms with Crippen LogP contribution in [-0.2, 0) is 4.74 Å². The number of aromatic nitrogens is 4. The summed E-state index contributed by atoms with van der Waals surface area (Å²) in [6.45, 7) is 1.46. The first-order valence-electron chi connectivity index (χ1n) is 10.5. The first kappa shape index (κ1) is 20.7. The van der Waals surface area contributed by atoms with Crippen molar-refractivity contribution in [2.24, 2.45) is 0 Å². The molecule has 5 rings (SSSR count). The number of nitrogens with one attached hydrogen (secondary N) is 2. The third-order valence-corrected chi connectivity index (χ3v) is 5.93. The third-order valence-electron chi connectivity index (χ3n) is 5.43. The molecule has 0 bridgehead atoms. The first-order chi connectivity index (χ1) is 15.7.